The van der Waals surface area contributed by atoms with Gasteiger partial charge in [-0.15, -0.1) is 0 Å². The summed E-state index contributed by atoms with van der Waals surface area (Å²) >= 11 is 0. The Bertz CT molecular complexity index is 974. The first-order valence-electron chi connectivity index (χ1n) is 11.7. The molecule has 1 aromatic carbocycles. The van der Waals surface area contributed by atoms with Crippen LogP contribution in [0.1, 0.15) is 44.7 Å². The van der Waals surface area contributed by atoms with Crippen molar-refractivity contribution in [2.45, 2.75) is 70.7 Å². The molecular formula is C25H35N3O5. The lowest BCUT2D eigenvalue weighted by Crippen LogP contribution is -2.57. The molecule has 0 aromatic heterocycles. The van der Waals surface area contributed by atoms with E-state index in [-0.39, 0.29) is 30.2 Å². The van der Waals surface area contributed by atoms with Crippen LogP contribution in [0.25, 0.3) is 0 Å². The van der Waals surface area contributed by atoms with E-state index >= 15 is 0 Å². The highest BCUT2D eigenvalue weighted by atomic mass is 16.5. The predicted octanol–water partition coefficient (Wildman–Crippen LogP) is 1.77. The average molecular weight is 458 g/mol. The van der Waals surface area contributed by atoms with Crippen molar-refractivity contribution in [1.29, 1.82) is 0 Å². The second-order valence-corrected chi connectivity index (χ2v) is 10.3. The molecule has 3 saturated heterocycles. The van der Waals surface area contributed by atoms with Crippen molar-refractivity contribution < 1.29 is 24.2 Å². The Balaban J connectivity index is 1.82. The van der Waals surface area contributed by atoms with Gasteiger partial charge in [0.25, 0.3) is 0 Å². The molecule has 0 aliphatic carbocycles. The maximum absolute atomic E-state index is 13.9. The van der Waals surface area contributed by atoms with Gasteiger partial charge in [0.15, 0.2) is 0 Å². The first-order chi connectivity index (χ1) is 15.5. The minimum Gasteiger partial charge on any atom is -0.394 e. The van der Waals surface area contributed by atoms with E-state index in [0.717, 1.165) is 11.1 Å². The number of hydrogen-bond donors (Lipinski definition) is 3. The fraction of sp³-hybridized carbons (Fsp3) is 0.640. The van der Waals surface area contributed by atoms with Gasteiger partial charge in [0.2, 0.25) is 17.7 Å². The van der Waals surface area contributed by atoms with Crippen molar-refractivity contribution in [2.75, 3.05) is 19.0 Å². The normalized spacial score (nSPS) is 33.4. The van der Waals surface area contributed by atoms with Gasteiger partial charge in [0.1, 0.15) is 11.6 Å². The summed E-state index contributed by atoms with van der Waals surface area (Å²) in [4.78, 5) is 42.3. The average Bonchev–Trinajstić information content (AvgIpc) is 3.32. The molecule has 6 atom stereocenters. The quantitative estimate of drug-likeness (QED) is 0.603. The lowest BCUT2D eigenvalue weighted by molar-refractivity contribution is -0.149. The Kier molecular flexibility index (Phi) is 5.81. The molecule has 2 bridgehead atoms. The maximum Gasteiger partial charge on any atom is 0.250 e. The number of benzene rings is 1. The summed E-state index contributed by atoms with van der Waals surface area (Å²) in [6.45, 7) is 9.26. The number of nitrogens with zero attached hydrogens (tertiary/aromatic N) is 1. The van der Waals surface area contributed by atoms with Crippen LogP contribution in [0, 0.1) is 31.6 Å². The molecule has 8 heteroatoms. The number of ether oxygens (including phenoxy) is 1. The van der Waals surface area contributed by atoms with Crippen LogP contribution in [0.15, 0.2) is 18.2 Å². The lowest BCUT2D eigenvalue weighted by Gasteiger charge is -2.38. The SMILES string of the molecule is CNC(=O)[C@H]1[C@H]2C(=O)N([C@@H](CO)C(C)C)C(C(=O)Nc3c(C)cccc3C)C23CC[C@]1(C)O3. The highest BCUT2D eigenvalue weighted by Crippen LogP contribution is 2.63. The number of aliphatic hydroxyl groups excluding tert-OH is 1. The van der Waals surface area contributed by atoms with E-state index < -0.39 is 35.1 Å². The van der Waals surface area contributed by atoms with Crippen LogP contribution < -0.4 is 10.6 Å². The Hall–Kier alpha value is -2.45. The predicted molar refractivity (Wildman–Crippen MR) is 123 cm³/mol. The van der Waals surface area contributed by atoms with Crippen molar-refractivity contribution in [3.05, 3.63) is 29.3 Å². The van der Waals surface area contributed by atoms with Crippen LogP contribution in [0.2, 0.25) is 0 Å². The van der Waals surface area contributed by atoms with Crippen molar-refractivity contribution in [1.82, 2.24) is 10.2 Å². The summed E-state index contributed by atoms with van der Waals surface area (Å²) in [5, 5.41) is 16.0. The lowest BCUT2D eigenvalue weighted by atomic mass is 9.66. The second kappa shape index (κ2) is 8.09. The molecule has 1 aromatic rings. The molecule has 0 saturated carbocycles. The highest BCUT2D eigenvalue weighted by Gasteiger charge is 2.78. The zero-order valence-electron chi connectivity index (χ0n) is 20.3. The number of hydrogen-bond acceptors (Lipinski definition) is 5. The van der Waals surface area contributed by atoms with E-state index in [0.29, 0.717) is 18.5 Å². The smallest absolute Gasteiger partial charge is 0.250 e. The van der Waals surface area contributed by atoms with Crippen molar-refractivity contribution >= 4 is 23.4 Å². The third-order valence-electron chi connectivity index (χ3n) is 8.03. The molecule has 4 rings (SSSR count). The van der Waals surface area contributed by atoms with E-state index in [9.17, 15) is 19.5 Å². The number of para-hydroxylation sites is 1. The summed E-state index contributed by atoms with van der Waals surface area (Å²) in [6.07, 6.45) is 1.09. The molecule has 3 amide bonds. The van der Waals surface area contributed by atoms with E-state index in [1.807, 2.05) is 52.8 Å². The largest absolute Gasteiger partial charge is 0.394 e. The van der Waals surface area contributed by atoms with Crippen molar-refractivity contribution in [3.8, 4) is 0 Å². The minimum atomic E-state index is -1.11. The Morgan fingerprint density at radius 1 is 1.21 bits per heavy atom. The molecule has 3 aliphatic rings. The second-order valence-electron chi connectivity index (χ2n) is 10.3. The molecule has 2 unspecified atom stereocenters. The molecular weight excluding hydrogens is 422 g/mol. The third kappa shape index (κ3) is 3.29. The van der Waals surface area contributed by atoms with Crippen LogP contribution in [-0.2, 0) is 19.1 Å². The number of aliphatic hydroxyl groups is 1. The number of amides is 3. The fourth-order valence-electron chi connectivity index (χ4n) is 6.40. The van der Waals surface area contributed by atoms with Crippen LogP contribution in [0.3, 0.4) is 0 Å². The van der Waals surface area contributed by atoms with Gasteiger partial charge >= 0.3 is 0 Å². The molecule has 1 spiro atoms. The zero-order valence-corrected chi connectivity index (χ0v) is 20.3. The van der Waals surface area contributed by atoms with Gasteiger partial charge in [-0.3, -0.25) is 14.4 Å². The van der Waals surface area contributed by atoms with E-state index in [1.165, 1.54) is 4.90 Å². The standard InChI is InChI=1S/C25H35N3O5/c1-13(2)16(12-29)28-20(22(31)27-19-14(3)8-7-9-15(19)4)25-11-10-24(5,33-25)17(21(30)26-6)18(25)23(28)32/h7-9,13,16-18,20,29H,10-12H2,1-6H3,(H,26,30)(H,27,31)/t16-,17+,18-,20?,24-,25?/m0/s1. The first-order valence-corrected chi connectivity index (χ1v) is 11.7. The Morgan fingerprint density at radius 2 is 1.85 bits per heavy atom. The van der Waals surface area contributed by atoms with Gasteiger partial charge in [-0.25, -0.2) is 0 Å². The topological polar surface area (TPSA) is 108 Å². The molecule has 3 aliphatic heterocycles. The summed E-state index contributed by atoms with van der Waals surface area (Å²) in [5.41, 5.74) is 0.633. The number of anilines is 1. The summed E-state index contributed by atoms with van der Waals surface area (Å²) in [6, 6.07) is 4.27. The number of fused-ring (bicyclic) bond motifs is 1. The zero-order chi connectivity index (χ0) is 24.3. The van der Waals surface area contributed by atoms with E-state index in [4.69, 9.17) is 4.74 Å². The highest BCUT2D eigenvalue weighted by molar-refractivity contribution is 6.04. The van der Waals surface area contributed by atoms with Gasteiger partial charge < -0.3 is 25.4 Å². The van der Waals surface area contributed by atoms with Crippen LogP contribution in [0.4, 0.5) is 5.69 Å². The number of aryl methyl sites for hydroxylation is 2. The van der Waals surface area contributed by atoms with Gasteiger partial charge in [0, 0.05) is 12.7 Å². The minimum absolute atomic E-state index is 0.0871. The van der Waals surface area contributed by atoms with Gasteiger partial charge in [-0.1, -0.05) is 32.0 Å². The molecule has 3 fully saturated rings. The maximum atomic E-state index is 13.9. The molecule has 0 radical (unpaired) electrons. The molecule has 3 heterocycles. The first kappa shape index (κ1) is 23.7. The number of carbonyl (C=O) groups is 3. The van der Waals surface area contributed by atoms with E-state index in [1.54, 1.807) is 7.05 Å². The summed E-state index contributed by atoms with van der Waals surface area (Å²) in [7, 11) is 1.55. The van der Waals surface area contributed by atoms with Crippen molar-refractivity contribution in [2.24, 2.45) is 17.8 Å². The number of likely N-dealkylation sites (tertiary alicyclic amines) is 1. The summed E-state index contributed by atoms with van der Waals surface area (Å²) in [5.74, 6) is -2.42. The number of nitrogens with one attached hydrogen (secondary N) is 2. The summed E-state index contributed by atoms with van der Waals surface area (Å²) < 4.78 is 6.55. The monoisotopic (exact) mass is 457 g/mol. The van der Waals surface area contributed by atoms with E-state index in [2.05, 4.69) is 10.6 Å². The van der Waals surface area contributed by atoms with Gasteiger partial charge in [-0.05, 0) is 50.7 Å². The van der Waals surface area contributed by atoms with Gasteiger partial charge in [0.05, 0.1) is 30.1 Å². The number of rotatable bonds is 6. The van der Waals surface area contributed by atoms with Crippen LogP contribution in [0.5, 0.6) is 0 Å². The van der Waals surface area contributed by atoms with Crippen LogP contribution >= 0.6 is 0 Å². The Labute approximate surface area is 195 Å². The molecule has 33 heavy (non-hydrogen) atoms. The third-order valence-corrected chi connectivity index (χ3v) is 8.03. The van der Waals surface area contributed by atoms with Gasteiger partial charge in [-0.2, -0.15) is 0 Å². The Morgan fingerprint density at radius 3 is 2.39 bits per heavy atom. The fourth-order valence-corrected chi connectivity index (χ4v) is 6.40. The van der Waals surface area contributed by atoms with Crippen molar-refractivity contribution in [3.63, 3.8) is 0 Å². The molecule has 3 N–H and O–H groups in total. The molecule has 180 valence electrons. The molecule has 8 nitrogen and oxygen atoms in total. The number of carbonyl (C=O) groups excluding carboxylic acids is 3. The van der Waals surface area contributed by atoms with Crippen LogP contribution in [-0.4, -0.2) is 64.7 Å².